The molecular weight excluding hydrogens is 444 g/mol. The standard InChI is InChI=1S/C27H36N4O4/c1-16-25(17(2)29-18(3)28-16)26(32)31-24(27(33)34)12-13-35-22-14-19(15-22)8-10-21-11-9-20-6-4-5-7-23(20)30-21/h9,11,19,22,24H,4-8,10,12-15H2,1-3H3,(H,31,32)(H,33,34). The SMILES string of the molecule is Cc1nc(C)c(C(=O)NC(CCOC2CC(CCc3ccc4c(n3)CCCC4)C2)C(=O)O)c(C)n1. The van der Waals surface area contributed by atoms with Crippen LogP contribution in [-0.2, 0) is 28.8 Å². The zero-order valence-electron chi connectivity index (χ0n) is 21.0. The van der Waals surface area contributed by atoms with E-state index in [1.807, 2.05) is 0 Å². The van der Waals surface area contributed by atoms with Gasteiger partial charge in [-0.25, -0.2) is 14.8 Å². The molecule has 0 bridgehead atoms. The van der Waals surface area contributed by atoms with E-state index in [0.29, 0.717) is 35.3 Å². The third-order valence-corrected chi connectivity index (χ3v) is 7.21. The largest absolute Gasteiger partial charge is 0.480 e. The van der Waals surface area contributed by atoms with Crippen molar-refractivity contribution >= 4 is 11.9 Å². The Morgan fingerprint density at radius 1 is 1.09 bits per heavy atom. The van der Waals surface area contributed by atoms with E-state index in [4.69, 9.17) is 9.72 Å². The lowest BCUT2D eigenvalue weighted by molar-refractivity contribution is -0.140. The number of aryl methyl sites for hydroxylation is 6. The van der Waals surface area contributed by atoms with Crippen LogP contribution in [0, 0.1) is 26.7 Å². The molecule has 1 unspecified atom stereocenters. The van der Waals surface area contributed by atoms with Gasteiger partial charge in [-0.05, 0) is 89.7 Å². The molecular formula is C27H36N4O4. The number of hydrogen-bond acceptors (Lipinski definition) is 6. The number of amides is 1. The molecule has 1 amide bonds. The summed E-state index contributed by atoms with van der Waals surface area (Å²) in [4.78, 5) is 37.7. The fraction of sp³-hybridized carbons (Fsp3) is 0.593. The quantitative estimate of drug-likeness (QED) is 0.533. The number of hydrogen-bond donors (Lipinski definition) is 2. The van der Waals surface area contributed by atoms with Crippen LogP contribution in [0.25, 0.3) is 0 Å². The van der Waals surface area contributed by atoms with Crippen LogP contribution in [-0.4, -0.2) is 50.7 Å². The van der Waals surface area contributed by atoms with Crippen molar-refractivity contribution in [1.29, 1.82) is 0 Å². The number of fused-ring (bicyclic) bond motifs is 1. The number of nitrogens with one attached hydrogen (secondary N) is 1. The van der Waals surface area contributed by atoms with Gasteiger partial charge in [-0.3, -0.25) is 9.78 Å². The summed E-state index contributed by atoms with van der Waals surface area (Å²) >= 11 is 0. The number of carbonyl (C=O) groups excluding carboxylic acids is 1. The molecule has 188 valence electrons. The fourth-order valence-electron chi connectivity index (χ4n) is 5.22. The van der Waals surface area contributed by atoms with Crippen LogP contribution in [0.1, 0.15) is 83.0 Å². The smallest absolute Gasteiger partial charge is 0.326 e. The van der Waals surface area contributed by atoms with E-state index in [1.165, 1.54) is 29.8 Å². The first-order valence-corrected chi connectivity index (χ1v) is 12.7. The Morgan fingerprint density at radius 2 is 1.80 bits per heavy atom. The van der Waals surface area contributed by atoms with Gasteiger partial charge in [0.05, 0.1) is 23.1 Å². The van der Waals surface area contributed by atoms with Gasteiger partial charge in [0, 0.05) is 24.4 Å². The maximum atomic E-state index is 12.7. The first kappa shape index (κ1) is 25.2. The van der Waals surface area contributed by atoms with Crippen LogP contribution in [0.15, 0.2) is 12.1 Å². The second-order valence-corrected chi connectivity index (χ2v) is 9.95. The first-order chi connectivity index (χ1) is 16.8. The summed E-state index contributed by atoms with van der Waals surface area (Å²) in [6, 6.07) is 3.42. The van der Waals surface area contributed by atoms with Crippen molar-refractivity contribution in [2.45, 2.75) is 90.7 Å². The number of aliphatic carboxylic acids is 1. The number of carboxylic acids is 1. The van der Waals surface area contributed by atoms with Gasteiger partial charge in [0.2, 0.25) is 0 Å². The van der Waals surface area contributed by atoms with Gasteiger partial charge >= 0.3 is 5.97 Å². The molecule has 8 heteroatoms. The minimum Gasteiger partial charge on any atom is -0.480 e. The molecule has 2 aromatic heterocycles. The van der Waals surface area contributed by atoms with Crippen molar-refractivity contribution < 1.29 is 19.4 Å². The number of ether oxygens (including phenoxy) is 1. The van der Waals surface area contributed by atoms with E-state index in [9.17, 15) is 14.7 Å². The molecule has 2 N–H and O–H groups in total. The monoisotopic (exact) mass is 480 g/mol. The first-order valence-electron chi connectivity index (χ1n) is 12.7. The summed E-state index contributed by atoms with van der Waals surface area (Å²) in [5.41, 5.74) is 5.32. The van der Waals surface area contributed by atoms with E-state index in [-0.39, 0.29) is 12.5 Å². The maximum absolute atomic E-state index is 12.7. The topological polar surface area (TPSA) is 114 Å². The number of carbonyl (C=O) groups is 2. The van der Waals surface area contributed by atoms with E-state index in [0.717, 1.165) is 38.5 Å². The predicted molar refractivity (Wildman–Crippen MR) is 131 cm³/mol. The van der Waals surface area contributed by atoms with Crippen molar-refractivity contribution in [2.75, 3.05) is 6.61 Å². The van der Waals surface area contributed by atoms with Crippen molar-refractivity contribution in [3.63, 3.8) is 0 Å². The summed E-state index contributed by atoms with van der Waals surface area (Å²) in [7, 11) is 0. The van der Waals surface area contributed by atoms with E-state index < -0.39 is 17.9 Å². The third-order valence-electron chi connectivity index (χ3n) is 7.21. The molecule has 0 radical (unpaired) electrons. The Hall–Kier alpha value is -2.87. The molecule has 0 saturated heterocycles. The summed E-state index contributed by atoms with van der Waals surface area (Å²) in [5.74, 6) is -0.334. The van der Waals surface area contributed by atoms with Gasteiger partial charge in [-0.2, -0.15) is 0 Å². The second-order valence-electron chi connectivity index (χ2n) is 9.95. The molecule has 1 atom stereocenters. The number of pyridine rings is 1. The van der Waals surface area contributed by atoms with Crippen LogP contribution in [0.4, 0.5) is 0 Å². The highest BCUT2D eigenvalue weighted by Gasteiger charge is 2.30. The van der Waals surface area contributed by atoms with E-state index in [1.54, 1.807) is 20.8 Å². The van der Waals surface area contributed by atoms with Crippen LogP contribution >= 0.6 is 0 Å². The van der Waals surface area contributed by atoms with E-state index >= 15 is 0 Å². The normalized spacial score (nSPS) is 20.0. The third kappa shape index (κ3) is 6.42. The molecule has 2 aliphatic rings. The van der Waals surface area contributed by atoms with Gasteiger partial charge in [-0.1, -0.05) is 6.07 Å². The summed E-state index contributed by atoms with van der Waals surface area (Å²) in [6.07, 6.45) is 9.27. The van der Waals surface area contributed by atoms with Gasteiger partial charge in [0.1, 0.15) is 11.9 Å². The Balaban J connectivity index is 1.18. The lowest BCUT2D eigenvalue weighted by atomic mass is 9.79. The van der Waals surface area contributed by atoms with Crippen molar-refractivity contribution in [1.82, 2.24) is 20.3 Å². The highest BCUT2D eigenvalue weighted by Crippen LogP contribution is 2.34. The van der Waals surface area contributed by atoms with Crippen molar-refractivity contribution in [2.24, 2.45) is 5.92 Å². The molecule has 0 aromatic carbocycles. The molecule has 2 heterocycles. The average molecular weight is 481 g/mol. The van der Waals surface area contributed by atoms with E-state index in [2.05, 4.69) is 27.4 Å². The Labute approximate surface area is 206 Å². The van der Waals surface area contributed by atoms with Gasteiger partial charge in [0.25, 0.3) is 5.91 Å². The van der Waals surface area contributed by atoms with Gasteiger partial charge in [0.15, 0.2) is 0 Å². The number of rotatable bonds is 10. The van der Waals surface area contributed by atoms with Gasteiger partial charge in [-0.15, -0.1) is 0 Å². The molecule has 2 aliphatic carbocycles. The molecule has 0 spiro atoms. The average Bonchev–Trinajstić information content (AvgIpc) is 2.78. The summed E-state index contributed by atoms with van der Waals surface area (Å²) < 4.78 is 5.91. The van der Waals surface area contributed by atoms with Crippen LogP contribution in [0.2, 0.25) is 0 Å². The highest BCUT2D eigenvalue weighted by atomic mass is 16.5. The zero-order chi connectivity index (χ0) is 24.9. The molecule has 1 saturated carbocycles. The lowest BCUT2D eigenvalue weighted by Gasteiger charge is -2.35. The molecule has 4 rings (SSSR count). The molecule has 0 aliphatic heterocycles. The maximum Gasteiger partial charge on any atom is 0.326 e. The van der Waals surface area contributed by atoms with Crippen LogP contribution in [0.3, 0.4) is 0 Å². The van der Waals surface area contributed by atoms with Gasteiger partial charge < -0.3 is 15.2 Å². The number of carboxylic acid groups (broad SMARTS) is 1. The fourth-order valence-corrected chi connectivity index (χ4v) is 5.22. The molecule has 35 heavy (non-hydrogen) atoms. The Bertz CT molecular complexity index is 1060. The molecule has 2 aromatic rings. The number of aromatic nitrogens is 3. The van der Waals surface area contributed by atoms with Crippen LogP contribution < -0.4 is 5.32 Å². The minimum absolute atomic E-state index is 0.164. The molecule has 1 fully saturated rings. The lowest BCUT2D eigenvalue weighted by Crippen LogP contribution is -2.42. The zero-order valence-corrected chi connectivity index (χ0v) is 21.0. The Kier molecular flexibility index (Phi) is 8.11. The second kappa shape index (κ2) is 11.2. The van der Waals surface area contributed by atoms with Crippen molar-refractivity contribution in [3.05, 3.63) is 51.9 Å². The highest BCUT2D eigenvalue weighted by molar-refractivity contribution is 5.98. The summed E-state index contributed by atoms with van der Waals surface area (Å²) in [5, 5.41) is 12.2. The van der Waals surface area contributed by atoms with Crippen molar-refractivity contribution in [3.8, 4) is 0 Å². The minimum atomic E-state index is -1.07. The number of nitrogens with zero attached hydrogens (tertiary/aromatic N) is 3. The van der Waals surface area contributed by atoms with Crippen LogP contribution in [0.5, 0.6) is 0 Å². The summed E-state index contributed by atoms with van der Waals surface area (Å²) in [6.45, 7) is 5.51. The Morgan fingerprint density at radius 3 is 2.51 bits per heavy atom. The molecule has 8 nitrogen and oxygen atoms in total. The predicted octanol–water partition coefficient (Wildman–Crippen LogP) is 3.68.